The zero-order valence-corrected chi connectivity index (χ0v) is 16.6. The lowest BCUT2D eigenvalue weighted by atomic mass is 9.48. The van der Waals surface area contributed by atoms with Gasteiger partial charge in [-0.3, -0.25) is 14.5 Å². The van der Waals surface area contributed by atoms with Gasteiger partial charge in [0.15, 0.2) is 5.78 Å². The van der Waals surface area contributed by atoms with E-state index >= 15 is 0 Å². The molecule has 29 heavy (non-hydrogen) atoms. The highest BCUT2D eigenvalue weighted by Gasteiger charge is 2.56. The van der Waals surface area contributed by atoms with E-state index in [-0.39, 0.29) is 17.7 Å². The first-order valence-corrected chi connectivity index (χ1v) is 10.5. The van der Waals surface area contributed by atoms with Crippen LogP contribution in [0.5, 0.6) is 0 Å². The van der Waals surface area contributed by atoms with Crippen LogP contribution in [0.4, 0.5) is 4.79 Å². The normalized spacial score (nSPS) is 37.5. The Morgan fingerprint density at radius 3 is 2.17 bits per heavy atom. The molecule has 1 unspecified atom stereocenters. The molecule has 0 spiro atoms. The summed E-state index contributed by atoms with van der Waals surface area (Å²) in [7, 11) is 0. The summed E-state index contributed by atoms with van der Waals surface area (Å²) in [6, 6.07) is 8.15. The quantitative estimate of drug-likeness (QED) is 0.799. The topological polar surface area (TPSA) is 90.3 Å². The Balaban J connectivity index is 1.36. The van der Waals surface area contributed by atoms with Gasteiger partial charge in [0.1, 0.15) is 5.54 Å². The van der Waals surface area contributed by atoms with Crippen LogP contribution in [0.1, 0.15) is 56.6 Å². The Kier molecular flexibility index (Phi) is 3.90. The van der Waals surface area contributed by atoms with Crippen LogP contribution in [0.25, 0.3) is 0 Å². The Bertz CT molecular complexity index is 910. The lowest BCUT2D eigenvalue weighted by molar-refractivity contribution is -0.147. The highest BCUT2D eigenvalue weighted by Crippen LogP contribution is 2.60. The first-order chi connectivity index (χ1) is 13.8. The summed E-state index contributed by atoms with van der Waals surface area (Å²) in [5.74, 6) is 1.57. The standard InChI is InChI=1S/C23H25N3O3/c1-22(18-4-2-14(12-24)3-5-18)20(28)26(21(29)25-22)13-19(27)23-9-15-6-16(10-23)8-17(7-15)11-23/h2-5,15-17H,6-11,13H2,1H3,(H,25,29). The van der Waals surface area contributed by atoms with Gasteiger partial charge in [-0.05, 0) is 80.9 Å². The van der Waals surface area contributed by atoms with E-state index in [0.29, 0.717) is 28.9 Å². The molecule has 1 N–H and O–H groups in total. The summed E-state index contributed by atoms with van der Waals surface area (Å²) in [5, 5.41) is 11.7. The number of Topliss-reactive ketones (excluding diaryl/α,β-unsaturated/α-hetero) is 1. The van der Waals surface area contributed by atoms with Gasteiger partial charge >= 0.3 is 6.03 Å². The van der Waals surface area contributed by atoms with E-state index in [0.717, 1.165) is 24.2 Å². The van der Waals surface area contributed by atoms with Gasteiger partial charge in [-0.1, -0.05) is 12.1 Å². The fourth-order valence-electron chi connectivity index (χ4n) is 6.68. The van der Waals surface area contributed by atoms with Gasteiger partial charge in [-0.15, -0.1) is 0 Å². The summed E-state index contributed by atoms with van der Waals surface area (Å²) in [6.45, 7) is 1.52. The van der Waals surface area contributed by atoms with Gasteiger partial charge in [0.2, 0.25) is 0 Å². The molecule has 1 aromatic carbocycles. The molecule has 1 atom stereocenters. The molecule has 4 aliphatic carbocycles. The number of nitriles is 1. The Hall–Kier alpha value is -2.68. The van der Waals surface area contributed by atoms with Gasteiger partial charge in [-0.2, -0.15) is 5.26 Å². The van der Waals surface area contributed by atoms with Crippen LogP contribution in [0, 0.1) is 34.5 Å². The van der Waals surface area contributed by atoms with Crippen molar-refractivity contribution in [3.63, 3.8) is 0 Å². The molecular formula is C23H25N3O3. The maximum atomic E-state index is 13.4. The number of carbonyl (C=O) groups excluding carboxylic acids is 3. The fourth-order valence-corrected chi connectivity index (χ4v) is 6.68. The van der Waals surface area contributed by atoms with E-state index in [1.807, 2.05) is 6.07 Å². The zero-order valence-electron chi connectivity index (χ0n) is 16.6. The molecule has 4 saturated carbocycles. The third-order valence-electron chi connectivity index (χ3n) is 7.80. The summed E-state index contributed by atoms with van der Waals surface area (Å²) in [6.07, 6.45) is 6.50. The van der Waals surface area contributed by atoms with Gasteiger partial charge in [0, 0.05) is 5.41 Å². The average Bonchev–Trinajstić information content (AvgIpc) is 2.91. The van der Waals surface area contributed by atoms with E-state index in [9.17, 15) is 14.4 Å². The fraction of sp³-hybridized carbons (Fsp3) is 0.565. The summed E-state index contributed by atoms with van der Waals surface area (Å²) >= 11 is 0. The maximum absolute atomic E-state index is 13.4. The predicted molar refractivity (Wildman–Crippen MR) is 104 cm³/mol. The second kappa shape index (κ2) is 6.16. The third kappa shape index (κ3) is 2.71. The number of carbonyl (C=O) groups is 3. The van der Waals surface area contributed by atoms with Gasteiger partial charge in [-0.25, -0.2) is 4.79 Å². The first-order valence-electron chi connectivity index (χ1n) is 10.5. The number of rotatable bonds is 4. The van der Waals surface area contributed by atoms with Crippen molar-refractivity contribution in [1.82, 2.24) is 10.2 Å². The first kappa shape index (κ1) is 18.4. The van der Waals surface area contributed by atoms with Gasteiger partial charge in [0.05, 0.1) is 18.2 Å². The number of hydrogen-bond acceptors (Lipinski definition) is 4. The molecule has 5 fully saturated rings. The monoisotopic (exact) mass is 391 g/mol. The van der Waals surface area contributed by atoms with Crippen LogP contribution >= 0.6 is 0 Å². The van der Waals surface area contributed by atoms with Crippen molar-refractivity contribution in [2.75, 3.05) is 6.54 Å². The van der Waals surface area contributed by atoms with Crippen molar-refractivity contribution < 1.29 is 14.4 Å². The van der Waals surface area contributed by atoms with Crippen LogP contribution in [0.2, 0.25) is 0 Å². The molecule has 4 bridgehead atoms. The van der Waals surface area contributed by atoms with Crippen molar-refractivity contribution in [2.24, 2.45) is 23.2 Å². The van der Waals surface area contributed by atoms with E-state index in [1.165, 1.54) is 19.3 Å². The Morgan fingerprint density at radius 2 is 1.66 bits per heavy atom. The van der Waals surface area contributed by atoms with Gasteiger partial charge in [0.25, 0.3) is 5.91 Å². The molecule has 1 heterocycles. The van der Waals surface area contributed by atoms with E-state index in [2.05, 4.69) is 5.32 Å². The second-order valence-electron chi connectivity index (χ2n) is 9.76. The van der Waals surface area contributed by atoms with Crippen molar-refractivity contribution >= 4 is 17.7 Å². The molecular weight excluding hydrogens is 366 g/mol. The van der Waals surface area contributed by atoms with E-state index in [1.54, 1.807) is 31.2 Å². The molecule has 6 nitrogen and oxygen atoms in total. The van der Waals surface area contributed by atoms with Crippen molar-refractivity contribution in [1.29, 1.82) is 5.26 Å². The number of nitrogens with zero attached hydrogens (tertiary/aromatic N) is 2. The largest absolute Gasteiger partial charge is 0.325 e. The van der Waals surface area contributed by atoms with Crippen LogP contribution < -0.4 is 5.32 Å². The average molecular weight is 391 g/mol. The lowest BCUT2D eigenvalue weighted by Gasteiger charge is -2.56. The number of amides is 3. The molecule has 6 heteroatoms. The smallest absolute Gasteiger partial charge is 0.319 e. The van der Waals surface area contributed by atoms with Crippen LogP contribution in [0.3, 0.4) is 0 Å². The Morgan fingerprint density at radius 1 is 1.10 bits per heavy atom. The van der Waals surface area contributed by atoms with Crippen molar-refractivity contribution in [3.05, 3.63) is 35.4 Å². The number of benzene rings is 1. The summed E-state index contributed by atoms with van der Waals surface area (Å²) in [4.78, 5) is 40.3. The Labute approximate surface area is 170 Å². The van der Waals surface area contributed by atoms with E-state index in [4.69, 9.17) is 5.26 Å². The number of ketones is 1. The highest BCUT2D eigenvalue weighted by molar-refractivity contribution is 6.09. The van der Waals surface area contributed by atoms with Crippen molar-refractivity contribution in [3.8, 4) is 6.07 Å². The van der Waals surface area contributed by atoms with Crippen LogP contribution in [-0.4, -0.2) is 29.2 Å². The zero-order chi connectivity index (χ0) is 20.4. The SMILES string of the molecule is CC1(c2ccc(C#N)cc2)NC(=O)N(CC(=O)C23CC4CC(CC(C4)C2)C3)C1=O. The number of imide groups is 1. The summed E-state index contributed by atoms with van der Waals surface area (Å²) in [5.41, 5.74) is -0.446. The number of nitrogens with one attached hydrogen (secondary N) is 1. The molecule has 1 aromatic rings. The third-order valence-corrected chi connectivity index (χ3v) is 7.80. The molecule has 6 rings (SSSR count). The predicted octanol–water partition coefficient (Wildman–Crippen LogP) is 3.11. The second-order valence-corrected chi connectivity index (χ2v) is 9.76. The number of urea groups is 1. The molecule has 1 saturated heterocycles. The van der Waals surface area contributed by atoms with Gasteiger partial charge < -0.3 is 5.32 Å². The molecule has 150 valence electrons. The lowest BCUT2D eigenvalue weighted by Crippen LogP contribution is -2.53. The van der Waals surface area contributed by atoms with Crippen molar-refractivity contribution in [2.45, 2.75) is 51.0 Å². The highest BCUT2D eigenvalue weighted by atomic mass is 16.2. The molecule has 0 aromatic heterocycles. The van der Waals surface area contributed by atoms with Crippen LogP contribution in [-0.2, 0) is 15.1 Å². The minimum Gasteiger partial charge on any atom is -0.319 e. The van der Waals surface area contributed by atoms with E-state index < -0.39 is 17.5 Å². The number of hydrogen-bond donors (Lipinski definition) is 1. The molecule has 5 aliphatic rings. The minimum atomic E-state index is -1.22. The van der Waals surface area contributed by atoms with Crippen LogP contribution in [0.15, 0.2) is 24.3 Å². The molecule has 3 amide bonds. The molecule has 0 radical (unpaired) electrons. The minimum absolute atomic E-state index is 0.0594. The summed E-state index contributed by atoms with van der Waals surface area (Å²) < 4.78 is 0. The molecule has 1 aliphatic heterocycles. The maximum Gasteiger partial charge on any atom is 0.325 e.